The number of H-pyrrole nitrogens is 1. The zero-order valence-electron chi connectivity index (χ0n) is 6.59. The van der Waals surface area contributed by atoms with E-state index in [9.17, 15) is 8.42 Å². The highest BCUT2D eigenvalue weighted by Crippen LogP contribution is 2.06. The molecule has 0 aromatic carbocycles. The van der Waals surface area contributed by atoms with E-state index >= 15 is 0 Å². The van der Waals surface area contributed by atoms with E-state index in [0.717, 1.165) is 6.26 Å². The lowest BCUT2D eigenvalue weighted by Gasteiger charge is -2.03. The summed E-state index contributed by atoms with van der Waals surface area (Å²) in [6.45, 7) is 1.59. The van der Waals surface area contributed by atoms with Crippen molar-refractivity contribution in [2.24, 2.45) is 0 Å². The quantitative estimate of drug-likeness (QED) is 0.646. The first kappa shape index (κ1) is 9.07. The van der Waals surface area contributed by atoms with Crippen molar-refractivity contribution >= 4 is 10.0 Å². The highest BCUT2D eigenvalue weighted by molar-refractivity contribution is 7.88. The van der Waals surface area contributed by atoms with Gasteiger partial charge >= 0.3 is 0 Å². The molecule has 0 aliphatic rings. The Hall–Kier alpha value is -1.02. The first-order valence-corrected chi connectivity index (χ1v) is 4.99. The average molecular weight is 190 g/mol. The lowest BCUT2D eigenvalue weighted by molar-refractivity contribution is 0.562. The molecular formula is C4H8N5O2S. The Morgan fingerprint density at radius 2 is 2.25 bits per heavy atom. The number of nitrogens with one attached hydrogen (secondary N) is 1. The second-order valence-electron chi connectivity index (χ2n) is 2.30. The van der Waals surface area contributed by atoms with Gasteiger partial charge in [-0.05, 0) is 17.4 Å². The van der Waals surface area contributed by atoms with Crippen molar-refractivity contribution in [1.82, 2.24) is 25.3 Å². The average Bonchev–Trinajstić information content (AvgIpc) is 2.32. The highest BCUT2D eigenvalue weighted by Gasteiger charge is 2.15. The Labute approximate surface area is 69.6 Å². The van der Waals surface area contributed by atoms with Crippen molar-refractivity contribution in [3.63, 3.8) is 0 Å². The van der Waals surface area contributed by atoms with Crippen LogP contribution in [0.3, 0.4) is 0 Å². The number of hydrogen-bond donors (Lipinski definition) is 1. The Balaban J connectivity index is 2.68. The van der Waals surface area contributed by atoms with Gasteiger partial charge in [-0.1, -0.05) is 0 Å². The zero-order valence-corrected chi connectivity index (χ0v) is 7.41. The molecule has 0 aliphatic carbocycles. The lowest BCUT2D eigenvalue weighted by Crippen LogP contribution is -2.18. The summed E-state index contributed by atoms with van der Waals surface area (Å²) in [5, 5.41) is 12.5. The maximum atomic E-state index is 10.7. The third kappa shape index (κ3) is 2.55. The fourth-order valence-electron chi connectivity index (χ4n) is 0.681. The summed E-state index contributed by atoms with van der Waals surface area (Å²) in [6, 6.07) is -0.560. The standard InChI is InChI=1S/C4H8N5O2S/c1-3(7-12(2,10)11)4-5-8-9-6-4/h3H,1-2H3,(H,5,6,8,9). The minimum absolute atomic E-state index is 0.334. The summed E-state index contributed by atoms with van der Waals surface area (Å²) in [5.74, 6) is 0.334. The van der Waals surface area contributed by atoms with E-state index < -0.39 is 16.1 Å². The van der Waals surface area contributed by atoms with E-state index in [2.05, 4.69) is 25.3 Å². The molecule has 0 saturated heterocycles. The Morgan fingerprint density at radius 3 is 2.67 bits per heavy atom. The molecule has 1 rings (SSSR count). The maximum Gasteiger partial charge on any atom is 0.225 e. The molecular weight excluding hydrogens is 182 g/mol. The van der Waals surface area contributed by atoms with Gasteiger partial charge in [0.25, 0.3) is 0 Å². The van der Waals surface area contributed by atoms with Gasteiger partial charge in [-0.25, -0.2) is 13.5 Å². The summed E-state index contributed by atoms with van der Waals surface area (Å²) in [6.07, 6.45) is 1.02. The van der Waals surface area contributed by atoms with E-state index in [1.807, 2.05) is 0 Å². The molecule has 0 saturated carbocycles. The van der Waals surface area contributed by atoms with Crippen molar-refractivity contribution in [3.8, 4) is 0 Å². The molecule has 1 heterocycles. The SMILES string of the molecule is CC([N]S(C)(=O)=O)c1nnn[nH]1. The van der Waals surface area contributed by atoms with Gasteiger partial charge in [0.1, 0.15) is 6.04 Å². The molecule has 1 radical (unpaired) electrons. The predicted molar refractivity (Wildman–Crippen MR) is 39.6 cm³/mol. The Morgan fingerprint density at radius 1 is 1.58 bits per heavy atom. The molecule has 67 valence electrons. The van der Waals surface area contributed by atoms with Gasteiger partial charge in [0.2, 0.25) is 10.0 Å². The third-order valence-corrected chi connectivity index (χ3v) is 1.81. The maximum absolute atomic E-state index is 10.7. The molecule has 8 heteroatoms. The van der Waals surface area contributed by atoms with E-state index in [1.54, 1.807) is 6.92 Å². The molecule has 0 amide bonds. The largest absolute Gasteiger partial charge is 0.241 e. The second-order valence-corrected chi connectivity index (χ2v) is 3.98. The molecule has 1 atom stereocenters. The van der Waals surface area contributed by atoms with E-state index in [-0.39, 0.29) is 0 Å². The van der Waals surface area contributed by atoms with E-state index in [4.69, 9.17) is 0 Å². The van der Waals surface area contributed by atoms with Crippen molar-refractivity contribution in [2.45, 2.75) is 13.0 Å². The topological polar surface area (TPSA) is 103 Å². The zero-order chi connectivity index (χ0) is 9.19. The van der Waals surface area contributed by atoms with Crippen molar-refractivity contribution in [3.05, 3.63) is 5.82 Å². The van der Waals surface area contributed by atoms with Crippen LogP contribution in [0.25, 0.3) is 0 Å². The second kappa shape index (κ2) is 3.15. The molecule has 1 unspecified atom stereocenters. The summed E-state index contributed by atoms with van der Waals surface area (Å²) < 4.78 is 24.8. The van der Waals surface area contributed by atoms with Crippen molar-refractivity contribution in [1.29, 1.82) is 0 Å². The number of aromatic nitrogens is 4. The Bertz CT molecular complexity index is 330. The number of rotatable bonds is 3. The number of hydrogen-bond acceptors (Lipinski definition) is 5. The molecule has 0 spiro atoms. The van der Waals surface area contributed by atoms with Crippen LogP contribution in [0.4, 0.5) is 0 Å². The molecule has 0 bridgehead atoms. The molecule has 1 aromatic rings. The first-order valence-electron chi connectivity index (χ1n) is 3.15. The van der Waals surface area contributed by atoms with Crippen molar-refractivity contribution in [2.75, 3.05) is 6.26 Å². The summed E-state index contributed by atoms with van der Waals surface area (Å²) >= 11 is 0. The summed E-state index contributed by atoms with van der Waals surface area (Å²) in [5.41, 5.74) is 0. The van der Waals surface area contributed by atoms with E-state index in [0.29, 0.717) is 5.82 Å². The lowest BCUT2D eigenvalue weighted by atomic mass is 10.4. The van der Waals surface area contributed by atoms with Gasteiger partial charge in [0, 0.05) is 0 Å². The number of tetrazole rings is 1. The molecule has 1 aromatic heterocycles. The van der Waals surface area contributed by atoms with Crippen LogP contribution in [0.1, 0.15) is 18.8 Å². The smallest absolute Gasteiger partial charge is 0.225 e. The highest BCUT2D eigenvalue weighted by atomic mass is 32.2. The molecule has 0 fully saturated rings. The molecule has 0 aliphatic heterocycles. The van der Waals surface area contributed by atoms with Gasteiger partial charge in [-0.3, -0.25) is 0 Å². The molecule has 12 heavy (non-hydrogen) atoms. The summed E-state index contributed by atoms with van der Waals surface area (Å²) in [7, 11) is -3.34. The third-order valence-electron chi connectivity index (χ3n) is 1.11. The van der Waals surface area contributed by atoms with Crippen LogP contribution < -0.4 is 4.72 Å². The van der Waals surface area contributed by atoms with Gasteiger partial charge in [0.05, 0.1) is 6.26 Å². The van der Waals surface area contributed by atoms with Gasteiger partial charge in [-0.2, -0.15) is 0 Å². The van der Waals surface area contributed by atoms with Crippen molar-refractivity contribution < 1.29 is 8.42 Å². The van der Waals surface area contributed by atoms with Gasteiger partial charge < -0.3 is 0 Å². The molecule has 7 nitrogen and oxygen atoms in total. The van der Waals surface area contributed by atoms with Crippen LogP contribution in [0.2, 0.25) is 0 Å². The van der Waals surface area contributed by atoms with Crippen LogP contribution in [0.5, 0.6) is 0 Å². The van der Waals surface area contributed by atoms with Crippen LogP contribution in [0.15, 0.2) is 0 Å². The number of nitrogens with zero attached hydrogens (tertiary/aromatic N) is 4. The fourth-order valence-corrected chi connectivity index (χ4v) is 1.35. The van der Waals surface area contributed by atoms with Crippen LogP contribution in [0, 0.1) is 0 Å². The minimum atomic E-state index is -3.34. The van der Waals surface area contributed by atoms with E-state index in [1.165, 1.54) is 0 Å². The normalized spacial score (nSPS) is 14.5. The predicted octanol–water partition coefficient (Wildman–Crippen LogP) is -1.18. The van der Waals surface area contributed by atoms with Crippen LogP contribution in [-0.2, 0) is 10.0 Å². The minimum Gasteiger partial charge on any atom is -0.241 e. The Kier molecular flexibility index (Phi) is 2.38. The fraction of sp³-hybridized carbons (Fsp3) is 0.750. The number of aromatic amines is 1. The number of sulfonamides is 1. The summed E-state index contributed by atoms with van der Waals surface area (Å²) in [4.78, 5) is 0. The van der Waals surface area contributed by atoms with Gasteiger partial charge in [-0.15, -0.1) is 9.82 Å². The molecule has 1 N–H and O–H groups in total. The van der Waals surface area contributed by atoms with Crippen LogP contribution >= 0.6 is 0 Å². The van der Waals surface area contributed by atoms with Crippen LogP contribution in [-0.4, -0.2) is 35.3 Å². The van der Waals surface area contributed by atoms with Gasteiger partial charge in [0.15, 0.2) is 5.82 Å². The first-order chi connectivity index (χ1) is 5.49. The monoisotopic (exact) mass is 190 g/mol.